The van der Waals surface area contributed by atoms with Gasteiger partial charge in [-0.05, 0) is 48.6 Å². The highest BCUT2D eigenvalue weighted by atomic mass is 16.5. The molecule has 154 valence electrons. The molecule has 0 bridgehead atoms. The number of allylic oxidation sites excluding steroid dienone is 1. The Morgan fingerprint density at radius 3 is 2.83 bits per heavy atom. The van der Waals surface area contributed by atoms with E-state index in [9.17, 15) is 4.79 Å². The van der Waals surface area contributed by atoms with E-state index in [1.165, 1.54) is 34.2 Å². The summed E-state index contributed by atoms with van der Waals surface area (Å²) in [4.78, 5) is 17.2. The summed E-state index contributed by atoms with van der Waals surface area (Å²) >= 11 is 0. The number of esters is 1. The Balaban J connectivity index is 1.70. The van der Waals surface area contributed by atoms with Gasteiger partial charge < -0.3 is 15.0 Å². The fourth-order valence-corrected chi connectivity index (χ4v) is 6.41. The maximum atomic E-state index is 13.4. The van der Waals surface area contributed by atoms with Gasteiger partial charge in [-0.2, -0.15) is 0 Å². The minimum absolute atomic E-state index is 0.0791. The normalized spacial score (nSPS) is 37.8. The molecule has 0 amide bonds. The summed E-state index contributed by atoms with van der Waals surface area (Å²) in [5.74, 6) is 0.530. The molecule has 2 heterocycles. The van der Waals surface area contributed by atoms with E-state index >= 15 is 0 Å². The van der Waals surface area contributed by atoms with Gasteiger partial charge in [0, 0.05) is 35.1 Å². The van der Waals surface area contributed by atoms with Crippen LogP contribution in [0.25, 0.3) is 10.9 Å². The van der Waals surface area contributed by atoms with Gasteiger partial charge >= 0.3 is 5.97 Å². The molecule has 4 heteroatoms. The number of hydrogen-bond donors (Lipinski definition) is 2. The van der Waals surface area contributed by atoms with E-state index in [2.05, 4.69) is 61.4 Å². The van der Waals surface area contributed by atoms with Crippen molar-refractivity contribution in [2.45, 2.75) is 51.9 Å². The summed E-state index contributed by atoms with van der Waals surface area (Å²) in [6, 6.07) is 8.50. The number of aromatic nitrogens is 1. The number of fused-ring (bicyclic) bond motifs is 6. The first-order valence-electron chi connectivity index (χ1n) is 11.0. The van der Waals surface area contributed by atoms with Crippen LogP contribution in [0.15, 0.2) is 35.9 Å². The predicted octanol–water partition coefficient (Wildman–Crippen LogP) is 4.50. The maximum Gasteiger partial charge on any atom is 0.314 e. The third-order valence-electron chi connectivity index (χ3n) is 8.32. The molecule has 1 fully saturated rings. The molecule has 4 nitrogen and oxygen atoms in total. The molecule has 4 unspecified atom stereocenters. The van der Waals surface area contributed by atoms with Gasteiger partial charge in [0.15, 0.2) is 0 Å². The number of carbonyl (C=O) groups excluding carboxylic acids is 1. The number of H-pyrrole nitrogens is 1. The fourth-order valence-electron chi connectivity index (χ4n) is 6.41. The number of rotatable bonds is 2. The summed E-state index contributed by atoms with van der Waals surface area (Å²) < 4.78 is 5.47. The van der Waals surface area contributed by atoms with Gasteiger partial charge in [0.2, 0.25) is 0 Å². The van der Waals surface area contributed by atoms with Crippen molar-refractivity contribution < 1.29 is 9.53 Å². The molecule has 1 aromatic carbocycles. The van der Waals surface area contributed by atoms with Gasteiger partial charge in [0.25, 0.3) is 0 Å². The topological polar surface area (TPSA) is 54.1 Å². The number of methoxy groups -OCH3 is 1. The van der Waals surface area contributed by atoms with E-state index in [-0.39, 0.29) is 16.8 Å². The Kier molecular flexibility index (Phi) is 4.05. The van der Waals surface area contributed by atoms with E-state index < -0.39 is 5.41 Å². The smallest absolute Gasteiger partial charge is 0.314 e. The minimum atomic E-state index is -0.584. The highest BCUT2D eigenvalue weighted by Gasteiger charge is 2.65. The van der Waals surface area contributed by atoms with Crippen LogP contribution in [-0.4, -0.2) is 31.2 Å². The molecule has 2 N–H and O–H groups in total. The van der Waals surface area contributed by atoms with Gasteiger partial charge in [-0.15, -0.1) is 0 Å². The van der Waals surface area contributed by atoms with Crippen LogP contribution in [0, 0.1) is 16.7 Å². The van der Waals surface area contributed by atoms with Crippen LogP contribution in [0.3, 0.4) is 0 Å². The Morgan fingerprint density at radius 2 is 2.07 bits per heavy atom. The maximum absolute atomic E-state index is 13.4. The van der Waals surface area contributed by atoms with E-state index in [1.807, 2.05) is 0 Å². The summed E-state index contributed by atoms with van der Waals surface area (Å²) in [6.45, 7) is 8.44. The average Bonchev–Trinajstić information content (AvgIpc) is 3.07. The predicted molar refractivity (Wildman–Crippen MR) is 116 cm³/mol. The van der Waals surface area contributed by atoms with Gasteiger partial charge in [-0.25, -0.2) is 0 Å². The van der Waals surface area contributed by atoms with Crippen molar-refractivity contribution in [2.24, 2.45) is 16.7 Å². The first kappa shape index (κ1) is 18.9. The quantitative estimate of drug-likeness (QED) is 0.585. The van der Waals surface area contributed by atoms with Crippen molar-refractivity contribution in [1.82, 2.24) is 10.3 Å². The Morgan fingerprint density at radius 1 is 1.28 bits per heavy atom. The average molecular weight is 393 g/mol. The highest BCUT2D eigenvalue weighted by molar-refractivity contribution is 5.90. The lowest BCUT2D eigenvalue weighted by Crippen LogP contribution is -2.54. The molecule has 4 atom stereocenters. The van der Waals surface area contributed by atoms with Crippen LogP contribution < -0.4 is 5.32 Å². The summed E-state index contributed by atoms with van der Waals surface area (Å²) in [7, 11) is 1.54. The standard InChI is InChI=1S/C25H32N2O2/c1-5-16-10-17-11-23(17,2)14-24(3)21-19(18-8-6-7-9-20(18)27-21)12-25(24,15-26-13-16)22(28)29-4/h6-10,17,26-27H,5,11-15H2,1-4H3/b16-10-. The van der Waals surface area contributed by atoms with Crippen molar-refractivity contribution in [1.29, 1.82) is 0 Å². The van der Waals surface area contributed by atoms with Crippen LogP contribution in [-0.2, 0) is 21.4 Å². The number of carbonyl (C=O) groups is 1. The molecule has 2 aromatic rings. The van der Waals surface area contributed by atoms with E-state index in [0.717, 1.165) is 25.8 Å². The summed E-state index contributed by atoms with van der Waals surface area (Å²) in [5.41, 5.74) is 4.56. The zero-order valence-corrected chi connectivity index (χ0v) is 18.0. The minimum Gasteiger partial charge on any atom is -0.469 e. The molecule has 1 aromatic heterocycles. The summed E-state index contributed by atoms with van der Waals surface area (Å²) in [6.07, 6.45) is 6.50. The molecule has 29 heavy (non-hydrogen) atoms. The van der Waals surface area contributed by atoms with Crippen LogP contribution in [0.5, 0.6) is 0 Å². The van der Waals surface area contributed by atoms with Crippen LogP contribution >= 0.6 is 0 Å². The number of hydrogen-bond acceptors (Lipinski definition) is 3. The molecule has 3 aliphatic rings. The SMILES string of the molecule is CC/C1=C/C2CC2(C)CC2(C)c3[nH]c4ccccc4c3CC2(C(=O)OC)CNC1. The van der Waals surface area contributed by atoms with Crippen molar-refractivity contribution in [3.63, 3.8) is 0 Å². The second-order valence-electron chi connectivity index (χ2n) is 10.0. The van der Waals surface area contributed by atoms with Crippen molar-refractivity contribution >= 4 is 16.9 Å². The van der Waals surface area contributed by atoms with Gasteiger partial charge in [-0.1, -0.05) is 50.6 Å². The number of ether oxygens (including phenoxy) is 1. The Hall–Kier alpha value is -2.07. The number of benzene rings is 1. The molecule has 0 saturated heterocycles. The number of para-hydroxylation sites is 1. The molecule has 2 aliphatic carbocycles. The number of nitrogens with one attached hydrogen (secondary N) is 2. The van der Waals surface area contributed by atoms with E-state index in [4.69, 9.17) is 4.74 Å². The molecular formula is C25H32N2O2. The van der Waals surface area contributed by atoms with E-state index in [1.54, 1.807) is 7.11 Å². The summed E-state index contributed by atoms with van der Waals surface area (Å²) in [5, 5.41) is 4.90. The number of aromatic amines is 1. The zero-order chi connectivity index (χ0) is 20.4. The third-order valence-corrected chi connectivity index (χ3v) is 8.32. The van der Waals surface area contributed by atoms with Crippen molar-refractivity contribution in [3.8, 4) is 0 Å². The lowest BCUT2D eigenvalue weighted by Gasteiger charge is -2.44. The zero-order valence-electron chi connectivity index (χ0n) is 18.0. The van der Waals surface area contributed by atoms with Gasteiger partial charge in [-0.3, -0.25) is 4.79 Å². The lowest BCUT2D eigenvalue weighted by atomic mass is 9.61. The van der Waals surface area contributed by atoms with Crippen molar-refractivity contribution in [3.05, 3.63) is 47.2 Å². The largest absolute Gasteiger partial charge is 0.469 e. The van der Waals surface area contributed by atoms with Gasteiger partial charge in [0.1, 0.15) is 0 Å². The van der Waals surface area contributed by atoms with Crippen molar-refractivity contribution in [2.75, 3.05) is 20.2 Å². The second kappa shape index (κ2) is 6.21. The van der Waals surface area contributed by atoms with Crippen LogP contribution in [0.2, 0.25) is 0 Å². The molecule has 0 spiro atoms. The molecule has 0 radical (unpaired) electrons. The van der Waals surface area contributed by atoms with Crippen LogP contribution in [0.4, 0.5) is 0 Å². The van der Waals surface area contributed by atoms with Gasteiger partial charge in [0.05, 0.1) is 12.5 Å². The lowest BCUT2D eigenvalue weighted by molar-refractivity contribution is -0.157. The molecule has 1 saturated carbocycles. The monoisotopic (exact) mass is 392 g/mol. The molecular weight excluding hydrogens is 360 g/mol. The third kappa shape index (κ3) is 2.51. The van der Waals surface area contributed by atoms with E-state index in [0.29, 0.717) is 12.5 Å². The highest BCUT2D eigenvalue weighted by Crippen LogP contribution is 2.66. The fraction of sp³-hybridized carbons (Fsp3) is 0.560. The molecule has 1 aliphatic heterocycles. The Bertz CT molecular complexity index is 1020. The van der Waals surface area contributed by atoms with Crippen LogP contribution in [0.1, 0.15) is 51.3 Å². The second-order valence-corrected chi connectivity index (χ2v) is 10.0. The Labute approximate surface area is 173 Å². The first-order valence-corrected chi connectivity index (χ1v) is 11.0. The molecule has 5 rings (SSSR count). The first-order chi connectivity index (χ1) is 13.9.